The first kappa shape index (κ1) is 12.8. The molecule has 0 unspecified atom stereocenters. The first-order valence-corrected chi connectivity index (χ1v) is 7.94. The molecule has 0 saturated heterocycles. The molecule has 1 heterocycles. The Kier molecular flexibility index (Phi) is 3.43. The van der Waals surface area contributed by atoms with Gasteiger partial charge >= 0.3 is 0 Å². The Morgan fingerprint density at radius 1 is 1.16 bits per heavy atom. The van der Waals surface area contributed by atoms with E-state index in [-0.39, 0.29) is 17.3 Å². The molecule has 0 bridgehead atoms. The van der Waals surface area contributed by atoms with Crippen LogP contribution in [0.1, 0.15) is 31.3 Å². The second-order valence-corrected chi connectivity index (χ2v) is 6.62. The first-order chi connectivity index (χ1) is 9.22. The van der Waals surface area contributed by atoms with Crippen molar-refractivity contribution in [2.75, 3.05) is 11.6 Å². The van der Waals surface area contributed by atoms with Gasteiger partial charge in [0, 0.05) is 22.8 Å². The lowest BCUT2D eigenvalue weighted by molar-refractivity contribution is 0.0979. The van der Waals surface area contributed by atoms with Gasteiger partial charge in [-0.25, -0.2) is 4.98 Å². The summed E-state index contributed by atoms with van der Waals surface area (Å²) < 4.78 is 0.722. The Labute approximate surface area is 123 Å². The molecule has 0 fully saturated rings. The Morgan fingerprint density at radius 3 is 2.53 bits per heavy atom. The van der Waals surface area contributed by atoms with Crippen LogP contribution in [0.2, 0.25) is 0 Å². The number of thioether (sulfide) groups is 1. The lowest BCUT2D eigenvalue weighted by Gasteiger charge is -2.11. The molecule has 96 valence electrons. The molecule has 2 aromatic rings. The van der Waals surface area contributed by atoms with E-state index < -0.39 is 0 Å². The second-order valence-electron chi connectivity index (χ2n) is 3.90. The number of hydrogen-bond acceptors (Lipinski definition) is 5. The topological polar surface area (TPSA) is 47.0 Å². The number of ketones is 2. The Balaban J connectivity index is 2.07. The third kappa shape index (κ3) is 2.12. The van der Waals surface area contributed by atoms with E-state index in [2.05, 4.69) is 4.98 Å². The standard InChI is InChI=1S/C13H8ClNO2S2/c14-5-6-18-13-15-9-10(16)7-3-1-2-4-8(7)11(17)12(9)19-13/h1-4H,5-6H2. The van der Waals surface area contributed by atoms with Crippen LogP contribution in [0.5, 0.6) is 0 Å². The van der Waals surface area contributed by atoms with Gasteiger partial charge < -0.3 is 0 Å². The number of halogens is 1. The summed E-state index contributed by atoms with van der Waals surface area (Å²) in [5.41, 5.74) is 1.20. The van der Waals surface area contributed by atoms with E-state index >= 15 is 0 Å². The van der Waals surface area contributed by atoms with E-state index in [1.165, 1.54) is 23.1 Å². The van der Waals surface area contributed by atoms with Crippen molar-refractivity contribution in [3.05, 3.63) is 46.0 Å². The molecule has 0 amide bonds. The summed E-state index contributed by atoms with van der Waals surface area (Å²) in [6, 6.07) is 6.87. The molecule has 0 spiro atoms. The predicted octanol–water partition coefficient (Wildman–Crippen LogP) is 3.25. The van der Waals surface area contributed by atoms with E-state index in [4.69, 9.17) is 11.6 Å². The monoisotopic (exact) mass is 309 g/mol. The van der Waals surface area contributed by atoms with Crippen molar-refractivity contribution in [3.63, 3.8) is 0 Å². The van der Waals surface area contributed by atoms with E-state index in [1.807, 2.05) is 0 Å². The van der Waals surface area contributed by atoms with Crippen molar-refractivity contribution in [2.24, 2.45) is 0 Å². The van der Waals surface area contributed by atoms with Crippen LogP contribution in [-0.2, 0) is 0 Å². The molecular weight excluding hydrogens is 302 g/mol. The zero-order valence-corrected chi connectivity index (χ0v) is 12.1. The number of hydrogen-bond donors (Lipinski definition) is 0. The van der Waals surface area contributed by atoms with E-state index in [0.717, 1.165) is 4.34 Å². The van der Waals surface area contributed by atoms with Gasteiger partial charge in [0.2, 0.25) is 11.6 Å². The van der Waals surface area contributed by atoms with Gasteiger partial charge in [0.05, 0.1) is 0 Å². The van der Waals surface area contributed by atoms with Crippen LogP contribution in [0.3, 0.4) is 0 Å². The smallest absolute Gasteiger partial charge is 0.213 e. The van der Waals surface area contributed by atoms with Gasteiger partial charge in [-0.05, 0) is 0 Å². The van der Waals surface area contributed by atoms with Crippen LogP contribution in [0.4, 0.5) is 0 Å². The van der Waals surface area contributed by atoms with Gasteiger partial charge in [0.25, 0.3) is 0 Å². The zero-order chi connectivity index (χ0) is 13.4. The molecule has 3 rings (SSSR count). The summed E-state index contributed by atoms with van der Waals surface area (Å²) in [5.74, 6) is 0.944. The predicted molar refractivity (Wildman–Crippen MR) is 76.9 cm³/mol. The van der Waals surface area contributed by atoms with Gasteiger partial charge in [-0.15, -0.1) is 22.9 Å². The fraction of sp³-hybridized carbons (Fsp3) is 0.154. The highest BCUT2D eigenvalue weighted by Crippen LogP contribution is 2.34. The van der Waals surface area contributed by atoms with Crippen LogP contribution >= 0.6 is 34.7 Å². The maximum Gasteiger partial charge on any atom is 0.213 e. The number of fused-ring (bicyclic) bond motifs is 2. The molecule has 0 atom stereocenters. The molecule has 1 aliphatic carbocycles. The molecule has 1 aliphatic rings. The van der Waals surface area contributed by atoms with Crippen molar-refractivity contribution in [3.8, 4) is 0 Å². The van der Waals surface area contributed by atoms with Gasteiger partial charge in [0.15, 0.2) is 4.34 Å². The zero-order valence-electron chi connectivity index (χ0n) is 9.68. The number of carbonyl (C=O) groups excluding carboxylic acids is 2. The van der Waals surface area contributed by atoms with Crippen LogP contribution in [0.25, 0.3) is 0 Å². The average Bonchev–Trinajstić information content (AvgIpc) is 2.87. The highest BCUT2D eigenvalue weighted by atomic mass is 35.5. The molecule has 0 saturated carbocycles. The fourth-order valence-electron chi connectivity index (χ4n) is 1.92. The molecule has 6 heteroatoms. The SMILES string of the molecule is O=C1c2ccccc2C(=O)c2sc(SCCCl)nc21. The second kappa shape index (κ2) is 5.07. The Hall–Kier alpha value is -1.17. The molecule has 3 nitrogen and oxygen atoms in total. The fourth-order valence-corrected chi connectivity index (χ4v) is 4.05. The molecule has 1 aromatic heterocycles. The summed E-state index contributed by atoms with van der Waals surface area (Å²) in [6.45, 7) is 0. The number of rotatable bonds is 3. The molecule has 19 heavy (non-hydrogen) atoms. The van der Waals surface area contributed by atoms with Crippen molar-refractivity contribution < 1.29 is 9.59 Å². The van der Waals surface area contributed by atoms with Crippen LogP contribution in [0.15, 0.2) is 28.6 Å². The maximum atomic E-state index is 12.3. The quantitative estimate of drug-likeness (QED) is 0.550. The lowest BCUT2D eigenvalue weighted by Crippen LogP contribution is -2.19. The number of thiazole rings is 1. The summed E-state index contributed by atoms with van der Waals surface area (Å²) in [7, 11) is 0. The highest BCUT2D eigenvalue weighted by molar-refractivity contribution is 8.01. The lowest BCUT2D eigenvalue weighted by atomic mass is 9.92. The average molecular weight is 310 g/mol. The molecular formula is C13H8ClNO2S2. The van der Waals surface area contributed by atoms with Crippen molar-refractivity contribution in [1.29, 1.82) is 0 Å². The highest BCUT2D eigenvalue weighted by Gasteiger charge is 2.33. The Morgan fingerprint density at radius 2 is 1.84 bits per heavy atom. The summed E-state index contributed by atoms with van der Waals surface area (Å²) in [5, 5.41) is 0. The Bertz CT molecular complexity index is 629. The van der Waals surface area contributed by atoms with Crippen LogP contribution in [0, 0.1) is 0 Å². The summed E-state index contributed by atoms with van der Waals surface area (Å²) in [4.78, 5) is 29.3. The maximum absolute atomic E-state index is 12.3. The van der Waals surface area contributed by atoms with Gasteiger partial charge in [0.1, 0.15) is 10.6 Å². The summed E-state index contributed by atoms with van der Waals surface area (Å²) >= 11 is 8.37. The minimum absolute atomic E-state index is 0.111. The van der Waals surface area contributed by atoms with Crippen LogP contribution in [-0.4, -0.2) is 28.2 Å². The van der Waals surface area contributed by atoms with Gasteiger partial charge in [-0.2, -0.15) is 0 Å². The van der Waals surface area contributed by atoms with E-state index in [1.54, 1.807) is 24.3 Å². The van der Waals surface area contributed by atoms with Crippen molar-refractivity contribution in [2.45, 2.75) is 4.34 Å². The first-order valence-electron chi connectivity index (χ1n) is 5.60. The molecule has 0 aliphatic heterocycles. The van der Waals surface area contributed by atoms with Crippen molar-refractivity contribution in [1.82, 2.24) is 4.98 Å². The number of alkyl halides is 1. The number of carbonyl (C=O) groups is 2. The minimum atomic E-state index is -0.167. The number of nitrogens with zero attached hydrogens (tertiary/aromatic N) is 1. The number of benzene rings is 1. The van der Waals surface area contributed by atoms with Crippen LogP contribution < -0.4 is 0 Å². The van der Waals surface area contributed by atoms with Crippen molar-refractivity contribution >= 4 is 46.3 Å². The van der Waals surface area contributed by atoms with E-state index in [9.17, 15) is 9.59 Å². The largest absolute Gasteiger partial charge is 0.288 e. The molecule has 1 aromatic carbocycles. The minimum Gasteiger partial charge on any atom is -0.288 e. The summed E-state index contributed by atoms with van der Waals surface area (Å²) in [6.07, 6.45) is 0. The van der Waals surface area contributed by atoms with Gasteiger partial charge in [-0.1, -0.05) is 36.0 Å². The van der Waals surface area contributed by atoms with E-state index in [0.29, 0.717) is 27.6 Å². The third-order valence-electron chi connectivity index (χ3n) is 2.75. The molecule has 0 radical (unpaired) electrons. The number of aromatic nitrogens is 1. The molecule has 0 N–H and O–H groups in total. The normalized spacial score (nSPS) is 13.3. The van der Waals surface area contributed by atoms with Gasteiger partial charge in [-0.3, -0.25) is 9.59 Å². The third-order valence-corrected chi connectivity index (χ3v) is 5.36.